The first-order valence-corrected chi connectivity index (χ1v) is 6.83. The first-order valence-electron chi connectivity index (χ1n) is 6.83. The molecule has 1 saturated heterocycles. The van der Waals surface area contributed by atoms with Crippen LogP contribution in [0.3, 0.4) is 0 Å². The monoisotopic (exact) mass is 256 g/mol. The number of esters is 1. The molecule has 1 aliphatic heterocycles. The summed E-state index contributed by atoms with van der Waals surface area (Å²) in [7, 11) is 3.48. The van der Waals surface area contributed by atoms with Crippen LogP contribution in [-0.4, -0.2) is 62.9 Å². The van der Waals surface area contributed by atoms with Crippen molar-refractivity contribution in [1.29, 1.82) is 0 Å². The van der Waals surface area contributed by atoms with E-state index in [0.717, 1.165) is 26.0 Å². The summed E-state index contributed by atoms with van der Waals surface area (Å²) in [6.07, 6.45) is 4.95. The zero-order valence-corrected chi connectivity index (χ0v) is 11.4. The molecule has 0 radical (unpaired) electrons. The maximum Gasteiger partial charge on any atom is 0.324 e. The van der Waals surface area contributed by atoms with Crippen molar-refractivity contribution >= 4 is 5.97 Å². The first kappa shape index (κ1) is 13.8. The van der Waals surface area contributed by atoms with Crippen molar-refractivity contribution in [3.63, 3.8) is 0 Å². The van der Waals surface area contributed by atoms with E-state index < -0.39 is 0 Å². The lowest BCUT2D eigenvalue weighted by Crippen LogP contribution is -2.47. The van der Waals surface area contributed by atoms with E-state index in [9.17, 15) is 4.79 Å². The summed E-state index contributed by atoms with van der Waals surface area (Å²) >= 11 is 0. The van der Waals surface area contributed by atoms with Crippen molar-refractivity contribution in [2.45, 2.75) is 43.9 Å². The van der Waals surface area contributed by atoms with Crippen LogP contribution in [0.4, 0.5) is 0 Å². The van der Waals surface area contributed by atoms with E-state index >= 15 is 0 Å². The summed E-state index contributed by atoms with van der Waals surface area (Å²) in [5, 5.41) is 3.34. The quantitative estimate of drug-likeness (QED) is 0.668. The number of hydrogen-bond donors (Lipinski definition) is 1. The molecule has 0 amide bonds. The summed E-state index contributed by atoms with van der Waals surface area (Å²) in [5.41, 5.74) is 0. The third-order valence-corrected chi connectivity index (χ3v) is 3.53. The third-order valence-electron chi connectivity index (χ3n) is 3.53. The van der Waals surface area contributed by atoms with Crippen LogP contribution >= 0.6 is 0 Å². The number of carbonyl (C=O) groups is 1. The largest absolute Gasteiger partial charge is 0.468 e. The summed E-state index contributed by atoms with van der Waals surface area (Å²) in [6.45, 7) is 2.45. The van der Waals surface area contributed by atoms with Gasteiger partial charge in [0.2, 0.25) is 0 Å². The van der Waals surface area contributed by atoms with Crippen LogP contribution in [0.2, 0.25) is 0 Å². The van der Waals surface area contributed by atoms with Gasteiger partial charge in [0.05, 0.1) is 13.2 Å². The molecule has 18 heavy (non-hydrogen) atoms. The lowest BCUT2D eigenvalue weighted by Gasteiger charge is -2.25. The zero-order valence-electron chi connectivity index (χ0n) is 11.4. The molecule has 2 rings (SSSR count). The van der Waals surface area contributed by atoms with Gasteiger partial charge in [0.1, 0.15) is 6.04 Å². The molecule has 5 heteroatoms. The molecule has 0 aromatic rings. The minimum Gasteiger partial charge on any atom is -0.468 e. The van der Waals surface area contributed by atoms with Crippen molar-refractivity contribution in [3.05, 3.63) is 0 Å². The zero-order chi connectivity index (χ0) is 13.0. The molecule has 1 heterocycles. The lowest BCUT2D eigenvalue weighted by molar-refractivity contribution is -0.143. The fourth-order valence-corrected chi connectivity index (χ4v) is 2.39. The van der Waals surface area contributed by atoms with Gasteiger partial charge < -0.3 is 19.7 Å². The molecule has 2 aliphatic rings. The summed E-state index contributed by atoms with van der Waals surface area (Å²) in [5.74, 6) is -0.166. The first-order chi connectivity index (χ1) is 8.69. The van der Waals surface area contributed by atoms with Gasteiger partial charge in [0.15, 0.2) is 0 Å². The molecular formula is C13H24N2O3. The molecule has 104 valence electrons. The van der Waals surface area contributed by atoms with Crippen LogP contribution in [0.1, 0.15) is 25.7 Å². The molecule has 2 unspecified atom stereocenters. The van der Waals surface area contributed by atoms with Crippen molar-refractivity contribution in [1.82, 2.24) is 10.2 Å². The average molecular weight is 256 g/mol. The highest BCUT2D eigenvalue weighted by molar-refractivity contribution is 5.76. The van der Waals surface area contributed by atoms with E-state index in [-0.39, 0.29) is 12.0 Å². The van der Waals surface area contributed by atoms with Crippen molar-refractivity contribution in [2.24, 2.45) is 0 Å². The normalized spacial score (nSPS) is 25.4. The molecule has 0 bridgehead atoms. The van der Waals surface area contributed by atoms with Gasteiger partial charge in [-0.25, -0.2) is 0 Å². The van der Waals surface area contributed by atoms with E-state index in [1.165, 1.54) is 20.0 Å². The molecular weight excluding hydrogens is 232 g/mol. The Kier molecular flexibility index (Phi) is 4.97. The Bertz CT molecular complexity index is 275. The predicted molar refractivity (Wildman–Crippen MR) is 68.4 cm³/mol. The Morgan fingerprint density at radius 2 is 2.28 bits per heavy atom. The second-order valence-corrected chi connectivity index (χ2v) is 5.37. The number of hydrogen-bond acceptors (Lipinski definition) is 5. The molecule has 1 N–H and O–H groups in total. The smallest absolute Gasteiger partial charge is 0.324 e. The van der Waals surface area contributed by atoms with Crippen LogP contribution in [-0.2, 0) is 14.3 Å². The Labute approximate surface area is 109 Å². The number of likely N-dealkylation sites (N-methyl/N-ethyl adjacent to an activating group) is 1. The van der Waals surface area contributed by atoms with Gasteiger partial charge in [-0.15, -0.1) is 0 Å². The molecule has 1 aliphatic carbocycles. The van der Waals surface area contributed by atoms with Crippen molar-refractivity contribution < 1.29 is 14.3 Å². The van der Waals surface area contributed by atoms with Gasteiger partial charge >= 0.3 is 5.97 Å². The van der Waals surface area contributed by atoms with E-state index in [0.29, 0.717) is 18.7 Å². The van der Waals surface area contributed by atoms with Crippen molar-refractivity contribution in [2.75, 3.05) is 33.9 Å². The maximum absolute atomic E-state index is 11.7. The van der Waals surface area contributed by atoms with Gasteiger partial charge in [0.25, 0.3) is 0 Å². The van der Waals surface area contributed by atoms with Gasteiger partial charge in [-0.1, -0.05) is 0 Å². The predicted octanol–water partition coefficient (Wildman–Crippen LogP) is 0.391. The van der Waals surface area contributed by atoms with Crippen LogP contribution in [0, 0.1) is 0 Å². The third kappa shape index (κ3) is 4.23. The van der Waals surface area contributed by atoms with Crippen LogP contribution in [0.15, 0.2) is 0 Å². The van der Waals surface area contributed by atoms with Crippen molar-refractivity contribution in [3.8, 4) is 0 Å². The summed E-state index contributed by atoms with van der Waals surface area (Å²) in [6, 6.07) is 0.291. The Morgan fingerprint density at radius 1 is 1.50 bits per heavy atom. The second-order valence-electron chi connectivity index (χ2n) is 5.37. The second kappa shape index (κ2) is 6.50. The molecule has 2 atom stereocenters. The number of carbonyl (C=O) groups excluding carboxylic acids is 1. The van der Waals surface area contributed by atoms with Gasteiger partial charge in [-0.2, -0.15) is 0 Å². The summed E-state index contributed by atoms with van der Waals surface area (Å²) < 4.78 is 10.5. The van der Waals surface area contributed by atoms with Gasteiger partial charge in [-0.3, -0.25) is 4.79 Å². The van der Waals surface area contributed by atoms with E-state index in [4.69, 9.17) is 9.47 Å². The van der Waals surface area contributed by atoms with Gasteiger partial charge in [0, 0.05) is 25.7 Å². The highest BCUT2D eigenvalue weighted by Gasteiger charge is 2.30. The number of nitrogens with zero attached hydrogens (tertiary/aromatic N) is 1. The van der Waals surface area contributed by atoms with Gasteiger partial charge in [-0.05, 0) is 32.7 Å². The molecule has 0 aromatic heterocycles. The topological polar surface area (TPSA) is 50.8 Å². The van der Waals surface area contributed by atoms with E-state index in [2.05, 4.69) is 10.2 Å². The standard InChI is InChI=1S/C13H24N2O3/c1-15(8-11-4-3-7-18-11)9-12(13(16)17-2)14-10-5-6-10/h10-12,14H,3-9H2,1-2H3. The Balaban J connectivity index is 1.76. The molecule has 5 nitrogen and oxygen atoms in total. The minimum atomic E-state index is -0.214. The number of nitrogens with one attached hydrogen (secondary N) is 1. The number of methoxy groups -OCH3 is 1. The Hall–Kier alpha value is -0.650. The Morgan fingerprint density at radius 3 is 2.83 bits per heavy atom. The van der Waals surface area contributed by atoms with Crippen LogP contribution in [0.25, 0.3) is 0 Å². The molecule has 1 saturated carbocycles. The molecule has 0 spiro atoms. The highest BCUT2D eigenvalue weighted by Crippen LogP contribution is 2.20. The van der Waals surface area contributed by atoms with Crippen LogP contribution in [0.5, 0.6) is 0 Å². The lowest BCUT2D eigenvalue weighted by atomic mass is 10.2. The van der Waals surface area contributed by atoms with E-state index in [1.807, 2.05) is 7.05 Å². The highest BCUT2D eigenvalue weighted by atomic mass is 16.5. The fourth-order valence-electron chi connectivity index (χ4n) is 2.39. The molecule has 2 fully saturated rings. The molecule has 0 aromatic carbocycles. The number of rotatable bonds is 7. The SMILES string of the molecule is COC(=O)C(CN(C)CC1CCCO1)NC1CC1. The average Bonchev–Trinajstić information content (AvgIpc) is 3.03. The van der Waals surface area contributed by atoms with Crippen LogP contribution < -0.4 is 5.32 Å². The fraction of sp³-hybridized carbons (Fsp3) is 0.923. The van der Waals surface area contributed by atoms with E-state index in [1.54, 1.807) is 0 Å². The number of ether oxygens (including phenoxy) is 2. The minimum absolute atomic E-state index is 0.166. The summed E-state index contributed by atoms with van der Waals surface area (Å²) in [4.78, 5) is 13.9. The maximum atomic E-state index is 11.7.